The lowest BCUT2D eigenvalue weighted by Crippen LogP contribution is -2.36. The molecule has 2 atom stereocenters. The maximum atomic E-state index is 13.1. The number of halogens is 2. The van der Waals surface area contributed by atoms with Crippen LogP contribution < -0.4 is 10.5 Å². The van der Waals surface area contributed by atoms with E-state index in [1.165, 1.54) is 0 Å². The maximum absolute atomic E-state index is 13.1. The Bertz CT molecular complexity index is 739. The molecule has 2 aromatic rings. The molecule has 25 heavy (non-hydrogen) atoms. The van der Waals surface area contributed by atoms with Gasteiger partial charge in [0.05, 0.1) is 10.0 Å². The lowest BCUT2D eigenvalue weighted by Gasteiger charge is -2.25. The summed E-state index contributed by atoms with van der Waals surface area (Å²) in [5.41, 5.74) is 6.54. The van der Waals surface area contributed by atoms with Gasteiger partial charge in [-0.15, -0.1) is 0 Å². The van der Waals surface area contributed by atoms with Gasteiger partial charge in [0.15, 0.2) is 0 Å². The minimum Gasteiger partial charge on any atom is -0.476 e. The van der Waals surface area contributed by atoms with Crippen LogP contribution in [0.3, 0.4) is 0 Å². The summed E-state index contributed by atoms with van der Waals surface area (Å²) in [6, 6.07) is 14.5. The smallest absolute Gasteiger partial charge is 0.268 e. The number of ether oxygens (including phenoxy) is 1. The van der Waals surface area contributed by atoms with E-state index in [0.717, 1.165) is 12.0 Å². The second-order valence-corrected chi connectivity index (χ2v) is 6.97. The monoisotopic (exact) mass is 378 g/mol. The second-order valence-electron chi connectivity index (χ2n) is 6.16. The SMILES string of the molecule is NCC1CCN(C(=O)C(Oc2ccc(Cl)c(Cl)c2)c2ccccc2)C1. The molecule has 1 heterocycles. The van der Waals surface area contributed by atoms with E-state index < -0.39 is 6.10 Å². The summed E-state index contributed by atoms with van der Waals surface area (Å²) in [5, 5.41) is 0.838. The van der Waals surface area contributed by atoms with Crippen LogP contribution in [0, 0.1) is 5.92 Å². The van der Waals surface area contributed by atoms with Crippen molar-refractivity contribution in [2.24, 2.45) is 11.7 Å². The lowest BCUT2D eigenvalue weighted by molar-refractivity contribution is -0.138. The van der Waals surface area contributed by atoms with E-state index in [9.17, 15) is 4.79 Å². The summed E-state index contributed by atoms with van der Waals surface area (Å²) in [4.78, 5) is 14.9. The average molecular weight is 379 g/mol. The first-order valence-electron chi connectivity index (χ1n) is 8.24. The molecule has 1 aliphatic rings. The molecule has 4 nitrogen and oxygen atoms in total. The van der Waals surface area contributed by atoms with E-state index in [4.69, 9.17) is 33.7 Å². The van der Waals surface area contributed by atoms with E-state index in [1.807, 2.05) is 35.2 Å². The van der Waals surface area contributed by atoms with Crippen molar-refractivity contribution in [2.45, 2.75) is 12.5 Å². The fraction of sp³-hybridized carbons (Fsp3) is 0.316. The molecule has 2 aromatic carbocycles. The van der Waals surface area contributed by atoms with Crippen molar-refractivity contribution in [2.75, 3.05) is 19.6 Å². The first kappa shape index (κ1) is 18.1. The molecule has 132 valence electrons. The minimum atomic E-state index is -0.727. The Balaban J connectivity index is 1.85. The van der Waals surface area contributed by atoms with Gasteiger partial charge in [-0.25, -0.2) is 0 Å². The summed E-state index contributed by atoms with van der Waals surface area (Å²) >= 11 is 12.0. The lowest BCUT2D eigenvalue weighted by atomic mass is 10.1. The van der Waals surface area contributed by atoms with E-state index in [0.29, 0.717) is 41.3 Å². The van der Waals surface area contributed by atoms with Gasteiger partial charge in [-0.3, -0.25) is 4.79 Å². The van der Waals surface area contributed by atoms with Crippen molar-refractivity contribution in [3.63, 3.8) is 0 Å². The Morgan fingerprint density at radius 1 is 1.20 bits per heavy atom. The first-order chi connectivity index (χ1) is 12.1. The number of likely N-dealkylation sites (tertiary alicyclic amines) is 1. The highest BCUT2D eigenvalue weighted by Gasteiger charge is 2.32. The van der Waals surface area contributed by atoms with Gasteiger partial charge in [0.1, 0.15) is 5.75 Å². The molecule has 0 bridgehead atoms. The van der Waals surface area contributed by atoms with Crippen molar-refractivity contribution in [3.05, 3.63) is 64.1 Å². The van der Waals surface area contributed by atoms with Crippen LogP contribution in [-0.4, -0.2) is 30.4 Å². The molecular weight excluding hydrogens is 359 g/mol. The van der Waals surface area contributed by atoms with Crippen LogP contribution >= 0.6 is 23.2 Å². The molecule has 1 saturated heterocycles. The third kappa shape index (κ3) is 4.27. The number of nitrogens with two attached hydrogens (primary N) is 1. The van der Waals surface area contributed by atoms with Crippen LogP contribution in [0.15, 0.2) is 48.5 Å². The van der Waals surface area contributed by atoms with Crippen molar-refractivity contribution >= 4 is 29.1 Å². The molecule has 3 rings (SSSR count). The molecule has 1 amide bonds. The quantitative estimate of drug-likeness (QED) is 0.857. The molecule has 0 radical (unpaired) electrons. The van der Waals surface area contributed by atoms with Gasteiger partial charge in [0, 0.05) is 24.7 Å². The zero-order chi connectivity index (χ0) is 17.8. The standard InChI is InChI=1S/C19H20Cl2N2O2/c20-16-7-6-15(10-17(16)21)25-18(14-4-2-1-3-5-14)19(24)23-9-8-13(11-22)12-23/h1-7,10,13,18H,8-9,11-12,22H2. The molecule has 1 aliphatic heterocycles. The fourth-order valence-corrected chi connectivity index (χ4v) is 3.25. The highest BCUT2D eigenvalue weighted by atomic mass is 35.5. The Morgan fingerprint density at radius 2 is 1.96 bits per heavy atom. The zero-order valence-electron chi connectivity index (χ0n) is 13.7. The number of carbonyl (C=O) groups is 1. The number of carbonyl (C=O) groups excluding carboxylic acids is 1. The Morgan fingerprint density at radius 3 is 2.60 bits per heavy atom. The van der Waals surface area contributed by atoms with E-state index >= 15 is 0 Å². The van der Waals surface area contributed by atoms with Gasteiger partial charge in [0.25, 0.3) is 5.91 Å². The Hall–Kier alpha value is -1.75. The number of rotatable bonds is 5. The van der Waals surface area contributed by atoms with Gasteiger partial charge in [-0.05, 0) is 31.0 Å². The molecule has 2 N–H and O–H groups in total. The van der Waals surface area contributed by atoms with Crippen LogP contribution in [0.25, 0.3) is 0 Å². The van der Waals surface area contributed by atoms with Crippen molar-refractivity contribution in [3.8, 4) is 5.75 Å². The molecule has 2 unspecified atom stereocenters. The van der Waals surface area contributed by atoms with Crippen molar-refractivity contribution < 1.29 is 9.53 Å². The third-order valence-corrected chi connectivity index (χ3v) is 5.14. The summed E-state index contributed by atoms with van der Waals surface area (Å²) in [6.45, 7) is 1.96. The summed E-state index contributed by atoms with van der Waals surface area (Å²) in [7, 11) is 0. The van der Waals surface area contributed by atoms with Crippen molar-refractivity contribution in [1.29, 1.82) is 0 Å². The molecule has 0 aliphatic carbocycles. The first-order valence-corrected chi connectivity index (χ1v) is 8.99. The van der Waals surface area contributed by atoms with Gasteiger partial charge < -0.3 is 15.4 Å². The molecule has 6 heteroatoms. The number of amides is 1. The van der Waals surface area contributed by atoms with Gasteiger partial charge in [0.2, 0.25) is 6.10 Å². The highest BCUT2D eigenvalue weighted by molar-refractivity contribution is 6.42. The number of hydrogen-bond acceptors (Lipinski definition) is 3. The number of nitrogens with zero attached hydrogens (tertiary/aromatic N) is 1. The summed E-state index contributed by atoms with van der Waals surface area (Å²) in [5.74, 6) is 0.796. The minimum absolute atomic E-state index is 0.0618. The van der Waals surface area contributed by atoms with Crippen LogP contribution in [-0.2, 0) is 4.79 Å². The molecular formula is C19H20Cl2N2O2. The van der Waals surface area contributed by atoms with Crippen LogP contribution in [0.5, 0.6) is 5.75 Å². The fourth-order valence-electron chi connectivity index (χ4n) is 2.97. The molecule has 1 fully saturated rings. The van der Waals surface area contributed by atoms with Gasteiger partial charge in [-0.2, -0.15) is 0 Å². The third-order valence-electron chi connectivity index (χ3n) is 4.40. The van der Waals surface area contributed by atoms with Gasteiger partial charge >= 0.3 is 0 Å². The predicted molar refractivity (Wildman–Crippen MR) is 100 cm³/mol. The van der Waals surface area contributed by atoms with Gasteiger partial charge in [-0.1, -0.05) is 53.5 Å². The summed E-state index contributed by atoms with van der Waals surface area (Å²) in [6.07, 6.45) is 0.200. The topological polar surface area (TPSA) is 55.6 Å². The Kier molecular flexibility index (Phi) is 5.84. The largest absolute Gasteiger partial charge is 0.476 e. The normalized spacial score (nSPS) is 18.2. The number of benzene rings is 2. The maximum Gasteiger partial charge on any atom is 0.268 e. The van der Waals surface area contributed by atoms with Crippen molar-refractivity contribution in [1.82, 2.24) is 4.90 Å². The predicted octanol–water partition coefficient (Wildman–Crippen LogP) is 3.92. The second kappa shape index (κ2) is 8.09. The van der Waals surface area contributed by atoms with Crippen LogP contribution in [0.2, 0.25) is 10.0 Å². The van der Waals surface area contributed by atoms with E-state index in [2.05, 4.69) is 0 Å². The van der Waals surface area contributed by atoms with E-state index in [-0.39, 0.29) is 5.91 Å². The van der Waals surface area contributed by atoms with Crippen LogP contribution in [0.4, 0.5) is 0 Å². The highest BCUT2D eigenvalue weighted by Crippen LogP contribution is 2.31. The average Bonchev–Trinajstić information content (AvgIpc) is 3.12. The van der Waals surface area contributed by atoms with Crippen LogP contribution in [0.1, 0.15) is 18.1 Å². The molecule has 0 aromatic heterocycles. The summed E-state index contributed by atoms with van der Waals surface area (Å²) < 4.78 is 6.01. The van der Waals surface area contributed by atoms with E-state index in [1.54, 1.807) is 18.2 Å². The molecule has 0 spiro atoms. The number of hydrogen-bond donors (Lipinski definition) is 1. The zero-order valence-corrected chi connectivity index (χ0v) is 15.2. The molecule has 0 saturated carbocycles. The Labute approximate surface area is 157 Å².